The minimum atomic E-state index is -0.268. The fraction of sp³-hybridized carbons (Fsp3) is 0.222. The highest BCUT2D eigenvalue weighted by molar-refractivity contribution is 9.10. The molecule has 25 heavy (non-hydrogen) atoms. The van der Waals surface area contributed by atoms with Gasteiger partial charge in [0.25, 0.3) is 0 Å². The molecule has 2 aromatic carbocycles. The molecule has 0 heterocycles. The van der Waals surface area contributed by atoms with Crippen LogP contribution in [-0.4, -0.2) is 24.1 Å². The summed E-state index contributed by atoms with van der Waals surface area (Å²) in [5.41, 5.74) is 1.78. The minimum absolute atomic E-state index is 0.0595. The van der Waals surface area contributed by atoms with Crippen molar-refractivity contribution in [3.05, 3.63) is 63.6 Å². The van der Waals surface area contributed by atoms with Crippen LogP contribution in [0.15, 0.2) is 53.0 Å². The summed E-state index contributed by atoms with van der Waals surface area (Å²) in [6.45, 7) is 1.97. The Morgan fingerprint density at radius 2 is 1.80 bits per heavy atom. The lowest BCUT2D eigenvalue weighted by Gasteiger charge is -2.12. The topological polar surface area (TPSA) is 58.2 Å². The lowest BCUT2D eigenvalue weighted by Crippen LogP contribution is -2.34. The highest BCUT2D eigenvalue weighted by Gasteiger charge is 2.11. The maximum absolute atomic E-state index is 11.9. The molecule has 0 aliphatic heterocycles. The van der Waals surface area contributed by atoms with Crippen molar-refractivity contribution in [1.82, 2.24) is 5.32 Å². The zero-order valence-electron chi connectivity index (χ0n) is 13.6. The standard InChI is InChI=1S/C18H18BrClN2O2S/c1-12(13-6-8-14(20)9-7-13)25-11-18(24)21-10-17(23)22-16-5-3-2-4-15(16)19/h2-9,12H,10-11H2,1H3,(H,21,24)(H,22,23). The van der Waals surface area contributed by atoms with E-state index in [9.17, 15) is 9.59 Å². The van der Waals surface area contributed by atoms with Crippen LogP contribution in [-0.2, 0) is 9.59 Å². The molecule has 0 fully saturated rings. The Balaban J connectivity index is 1.72. The van der Waals surface area contributed by atoms with E-state index in [4.69, 9.17) is 11.6 Å². The van der Waals surface area contributed by atoms with Crippen molar-refractivity contribution < 1.29 is 9.59 Å². The van der Waals surface area contributed by atoms with E-state index in [1.54, 1.807) is 6.07 Å². The van der Waals surface area contributed by atoms with Gasteiger partial charge < -0.3 is 10.6 Å². The average molecular weight is 442 g/mol. The van der Waals surface area contributed by atoms with E-state index in [0.29, 0.717) is 10.7 Å². The maximum Gasteiger partial charge on any atom is 0.243 e. The molecule has 4 nitrogen and oxygen atoms in total. The van der Waals surface area contributed by atoms with Crippen molar-refractivity contribution in [2.75, 3.05) is 17.6 Å². The number of amides is 2. The monoisotopic (exact) mass is 440 g/mol. The number of para-hydroxylation sites is 1. The van der Waals surface area contributed by atoms with Gasteiger partial charge in [0.1, 0.15) is 0 Å². The van der Waals surface area contributed by atoms with Crippen LogP contribution in [0.5, 0.6) is 0 Å². The van der Waals surface area contributed by atoms with Gasteiger partial charge in [-0.15, -0.1) is 11.8 Å². The number of carbonyl (C=O) groups is 2. The van der Waals surface area contributed by atoms with Crippen LogP contribution in [0.1, 0.15) is 17.7 Å². The van der Waals surface area contributed by atoms with E-state index < -0.39 is 0 Å². The largest absolute Gasteiger partial charge is 0.346 e. The third-order valence-corrected chi connectivity index (χ3v) is 5.54. The zero-order valence-corrected chi connectivity index (χ0v) is 16.7. The molecule has 2 aromatic rings. The third kappa shape index (κ3) is 6.72. The Labute approximate surface area is 164 Å². The van der Waals surface area contributed by atoms with Crippen molar-refractivity contribution in [1.29, 1.82) is 0 Å². The second-order valence-electron chi connectivity index (χ2n) is 5.31. The summed E-state index contributed by atoms with van der Waals surface area (Å²) in [4.78, 5) is 23.8. The molecular formula is C18H18BrClN2O2S. The van der Waals surface area contributed by atoms with E-state index in [0.717, 1.165) is 10.0 Å². The Hall–Kier alpha value is -1.50. The molecule has 0 aromatic heterocycles. The first-order valence-electron chi connectivity index (χ1n) is 7.64. The minimum Gasteiger partial charge on any atom is -0.346 e. The first-order valence-corrected chi connectivity index (χ1v) is 9.86. The molecule has 0 spiro atoms. The lowest BCUT2D eigenvalue weighted by atomic mass is 10.2. The maximum atomic E-state index is 11.9. The average Bonchev–Trinajstić information content (AvgIpc) is 2.60. The molecule has 2 amide bonds. The molecule has 0 bridgehead atoms. The first kappa shape index (κ1) is 19.8. The van der Waals surface area contributed by atoms with Gasteiger partial charge in [0.05, 0.1) is 18.0 Å². The van der Waals surface area contributed by atoms with Gasteiger partial charge in [0.2, 0.25) is 11.8 Å². The molecular weight excluding hydrogens is 424 g/mol. The van der Waals surface area contributed by atoms with Gasteiger partial charge >= 0.3 is 0 Å². The van der Waals surface area contributed by atoms with Gasteiger partial charge in [-0.25, -0.2) is 0 Å². The van der Waals surface area contributed by atoms with Gasteiger partial charge in [-0.2, -0.15) is 0 Å². The predicted octanol–water partition coefficient (Wildman–Crippen LogP) is 4.65. The number of rotatable bonds is 7. The number of thioether (sulfide) groups is 1. The van der Waals surface area contributed by atoms with Crippen molar-refractivity contribution in [3.63, 3.8) is 0 Å². The summed E-state index contributed by atoms with van der Waals surface area (Å²) < 4.78 is 0.794. The van der Waals surface area contributed by atoms with Gasteiger partial charge in [0, 0.05) is 14.7 Å². The molecule has 0 saturated carbocycles. The molecule has 0 aliphatic carbocycles. The summed E-state index contributed by atoms with van der Waals surface area (Å²) in [5.74, 6) is -0.157. The summed E-state index contributed by atoms with van der Waals surface area (Å²) in [5, 5.41) is 6.23. The summed E-state index contributed by atoms with van der Waals surface area (Å²) >= 11 is 10.7. The summed E-state index contributed by atoms with van der Waals surface area (Å²) in [6, 6.07) is 14.9. The van der Waals surface area contributed by atoms with E-state index in [1.807, 2.05) is 49.4 Å². The van der Waals surface area contributed by atoms with Crippen LogP contribution >= 0.6 is 39.3 Å². The molecule has 7 heteroatoms. The molecule has 2 rings (SSSR count). The molecule has 2 N–H and O–H groups in total. The molecule has 1 atom stereocenters. The van der Waals surface area contributed by atoms with Gasteiger partial charge in [-0.3, -0.25) is 9.59 Å². The first-order chi connectivity index (χ1) is 12.0. The number of hydrogen-bond donors (Lipinski definition) is 2. The zero-order chi connectivity index (χ0) is 18.2. The van der Waals surface area contributed by atoms with Crippen LogP contribution in [0.4, 0.5) is 5.69 Å². The predicted molar refractivity (Wildman–Crippen MR) is 108 cm³/mol. The molecule has 0 aliphatic rings. The van der Waals surface area contributed by atoms with Crippen molar-refractivity contribution in [2.24, 2.45) is 0 Å². The lowest BCUT2D eigenvalue weighted by molar-refractivity contribution is -0.122. The molecule has 132 valence electrons. The van der Waals surface area contributed by atoms with Gasteiger partial charge in [-0.05, 0) is 52.7 Å². The van der Waals surface area contributed by atoms with Crippen molar-refractivity contribution >= 4 is 56.8 Å². The summed E-state index contributed by atoms with van der Waals surface area (Å²) in [7, 11) is 0. The van der Waals surface area contributed by atoms with Crippen LogP contribution in [0, 0.1) is 0 Å². The Morgan fingerprint density at radius 1 is 1.12 bits per heavy atom. The second kappa shape index (κ2) is 9.85. The highest BCUT2D eigenvalue weighted by atomic mass is 79.9. The number of nitrogens with one attached hydrogen (secondary N) is 2. The smallest absolute Gasteiger partial charge is 0.243 e. The molecule has 0 radical (unpaired) electrons. The second-order valence-corrected chi connectivity index (χ2v) is 7.93. The van der Waals surface area contributed by atoms with E-state index in [-0.39, 0.29) is 29.4 Å². The number of halogens is 2. The van der Waals surface area contributed by atoms with Crippen molar-refractivity contribution in [3.8, 4) is 0 Å². The molecule has 0 saturated heterocycles. The number of benzene rings is 2. The van der Waals surface area contributed by atoms with Crippen LogP contribution in [0.3, 0.4) is 0 Å². The molecule has 1 unspecified atom stereocenters. The van der Waals surface area contributed by atoms with E-state index >= 15 is 0 Å². The fourth-order valence-corrected chi connectivity index (χ4v) is 3.38. The number of anilines is 1. The Kier molecular flexibility index (Phi) is 7.81. The third-order valence-electron chi connectivity index (χ3n) is 3.40. The Bertz CT molecular complexity index is 740. The van der Waals surface area contributed by atoms with Crippen LogP contribution in [0.2, 0.25) is 5.02 Å². The SMILES string of the molecule is CC(SCC(=O)NCC(=O)Nc1ccccc1Br)c1ccc(Cl)cc1. The van der Waals surface area contributed by atoms with E-state index in [2.05, 4.69) is 26.6 Å². The quantitative estimate of drug-likeness (QED) is 0.657. The fourth-order valence-electron chi connectivity index (χ4n) is 2.02. The highest BCUT2D eigenvalue weighted by Crippen LogP contribution is 2.28. The number of hydrogen-bond acceptors (Lipinski definition) is 3. The van der Waals surface area contributed by atoms with Crippen LogP contribution in [0.25, 0.3) is 0 Å². The normalized spacial score (nSPS) is 11.6. The van der Waals surface area contributed by atoms with Gasteiger partial charge in [-0.1, -0.05) is 35.9 Å². The van der Waals surface area contributed by atoms with Crippen LogP contribution < -0.4 is 10.6 Å². The Morgan fingerprint density at radius 3 is 2.48 bits per heavy atom. The van der Waals surface area contributed by atoms with Gasteiger partial charge in [0.15, 0.2) is 0 Å². The van der Waals surface area contributed by atoms with Crippen molar-refractivity contribution in [2.45, 2.75) is 12.2 Å². The summed E-state index contributed by atoms with van der Waals surface area (Å²) in [6.07, 6.45) is 0. The number of carbonyl (C=O) groups excluding carboxylic acids is 2. The van der Waals surface area contributed by atoms with E-state index in [1.165, 1.54) is 11.8 Å².